The van der Waals surface area contributed by atoms with Crippen LogP contribution in [-0.4, -0.2) is 12.6 Å². The lowest BCUT2D eigenvalue weighted by molar-refractivity contribution is 0.431. The van der Waals surface area contributed by atoms with E-state index in [1.54, 1.807) is 0 Å². The molecule has 0 radical (unpaired) electrons. The fraction of sp³-hybridized carbons (Fsp3) is 0.692. The molecule has 0 bridgehead atoms. The molecular weight excluding hydrogens is 202 g/mol. The quantitative estimate of drug-likeness (QED) is 0.780. The lowest BCUT2D eigenvalue weighted by Crippen LogP contribution is -2.31. The molecule has 1 aliphatic carbocycles. The van der Waals surface area contributed by atoms with Crippen LogP contribution in [0.1, 0.15) is 31.6 Å². The fourth-order valence-corrected chi connectivity index (χ4v) is 3.12. The van der Waals surface area contributed by atoms with Crippen LogP contribution in [0.2, 0.25) is 0 Å². The lowest BCUT2D eigenvalue weighted by atomic mass is 10.0. The Hall–Kier alpha value is -0.340. The Balaban J connectivity index is 1.79. The van der Waals surface area contributed by atoms with Crippen molar-refractivity contribution in [3.63, 3.8) is 0 Å². The molecule has 15 heavy (non-hydrogen) atoms. The maximum atomic E-state index is 3.64. The van der Waals surface area contributed by atoms with Gasteiger partial charge in [0.15, 0.2) is 0 Å². The number of hydrogen-bond donors (Lipinski definition) is 1. The molecule has 0 aromatic carbocycles. The summed E-state index contributed by atoms with van der Waals surface area (Å²) < 4.78 is 0. The first-order valence-electron chi connectivity index (χ1n) is 6.07. The van der Waals surface area contributed by atoms with Gasteiger partial charge in [-0.05, 0) is 49.1 Å². The van der Waals surface area contributed by atoms with Gasteiger partial charge in [-0.3, -0.25) is 0 Å². The Morgan fingerprint density at radius 2 is 2.40 bits per heavy atom. The van der Waals surface area contributed by atoms with Crippen LogP contribution in [0.15, 0.2) is 17.5 Å². The largest absolute Gasteiger partial charge is 0.314 e. The van der Waals surface area contributed by atoms with Crippen molar-refractivity contribution in [3.05, 3.63) is 22.4 Å². The highest BCUT2D eigenvalue weighted by molar-refractivity contribution is 7.09. The first-order valence-corrected chi connectivity index (χ1v) is 6.95. The van der Waals surface area contributed by atoms with Gasteiger partial charge < -0.3 is 5.32 Å². The summed E-state index contributed by atoms with van der Waals surface area (Å²) in [5.41, 5.74) is 0. The number of nitrogens with one attached hydrogen (secondary N) is 1. The average molecular weight is 223 g/mol. The average Bonchev–Trinajstić information content (AvgIpc) is 2.77. The maximum absolute atomic E-state index is 3.64. The SMILES string of the molecule is CCNC(CCc1cccs1)C1CC1C. The molecule has 1 nitrogen and oxygen atoms in total. The summed E-state index contributed by atoms with van der Waals surface area (Å²) in [4.78, 5) is 1.53. The molecule has 1 aromatic rings. The summed E-state index contributed by atoms with van der Waals surface area (Å²) in [7, 11) is 0. The van der Waals surface area contributed by atoms with Crippen LogP contribution in [0, 0.1) is 11.8 Å². The van der Waals surface area contributed by atoms with Gasteiger partial charge >= 0.3 is 0 Å². The van der Waals surface area contributed by atoms with Gasteiger partial charge in [-0.1, -0.05) is 19.9 Å². The van der Waals surface area contributed by atoms with Crippen LogP contribution in [0.4, 0.5) is 0 Å². The summed E-state index contributed by atoms with van der Waals surface area (Å²) in [6.45, 7) is 5.70. The van der Waals surface area contributed by atoms with Crippen LogP contribution < -0.4 is 5.32 Å². The van der Waals surface area contributed by atoms with Gasteiger partial charge in [-0.25, -0.2) is 0 Å². The van der Waals surface area contributed by atoms with E-state index in [-0.39, 0.29) is 0 Å². The zero-order valence-corrected chi connectivity index (χ0v) is 10.5. The second-order valence-electron chi connectivity index (χ2n) is 4.66. The van der Waals surface area contributed by atoms with Crippen LogP contribution in [0.25, 0.3) is 0 Å². The number of aryl methyl sites for hydroxylation is 1. The van der Waals surface area contributed by atoms with E-state index < -0.39 is 0 Å². The minimum atomic E-state index is 0.757. The Morgan fingerprint density at radius 1 is 1.60 bits per heavy atom. The van der Waals surface area contributed by atoms with Crippen LogP contribution >= 0.6 is 11.3 Å². The van der Waals surface area contributed by atoms with Crippen LogP contribution in [0.5, 0.6) is 0 Å². The molecule has 0 amide bonds. The molecule has 0 saturated heterocycles. The molecule has 0 spiro atoms. The van der Waals surface area contributed by atoms with Crippen molar-refractivity contribution in [3.8, 4) is 0 Å². The zero-order valence-electron chi connectivity index (χ0n) is 9.70. The van der Waals surface area contributed by atoms with E-state index in [2.05, 4.69) is 36.7 Å². The third-order valence-electron chi connectivity index (χ3n) is 3.44. The standard InChI is InChI=1S/C13H21NS/c1-3-14-13(12-9-10(12)2)7-6-11-5-4-8-15-11/h4-5,8,10,12-14H,3,6-7,9H2,1-2H3. The first kappa shape index (κ1) is 11.2. The second kappa shape index (κ2) is 5.13. The smallest absolute Gasteiger partial charge is 0.0101 e. The number of rotatable bonds is 6. The van der Waals surface area contributed by atoms with Gasteiger partial charge in [0.05, 0.1) is 0 Å². The van der Waals surface area contributed by atoms with Gasteiger partial charge in [0.1, 0.15) is 0 Å². The summed E-state index contributed by atoms with van der Waals surface area (Å²) in [6.07, 6.45) is 3.99. The van der Waals surface area contributed by atoms with E-state index in [0.717, 1.165) is 24.4 Å². The molecule has 1 saturated carbocycles. The van der Waals surface area contributed by atoms with Crippen molar-refractivity contribution >= 4 is 11.3 Å². The van der Waals surface area contributed by atoms with Crippen LogP contribution in [-0.2, 0) is 6.42 Å². The molecule has 3 atom stereocenters. The molecule has 84 valence electrons. The van der Waals surface area contributed by atoms with E-state index >= 15 is 0 Å². The molecule has 1 aliphatic rings. The van der Waals surface area contributed by atoms with E-state index in [1.165, 1.54) is 24.1 Å². The second-order valence-corrected chi connectivity index (χ2v) is 5.69. The lowest BCUT2D eigenvalue weighted by Gasteiger charge is -2.17. The monoisotopic (exact) mass is 223 g/mol. The topological polar surface area (TPSA) is 12.0 Å². The van der Waals surface area contributed by atoms with Crippen molar-refractivity contribution in [2.24, 2.45) is 11.8 Å². The number of hydrogen-bond acceptors (Lipinski definition) is 2. The number of thiophene rings is 1. The molecule has 1 fully saturated rings. The van der Waals surface area contributed by atoms with Crippen molar-refractivity contribution in [2.45, 2.75) is 39.2 Å². The van der Waals surface area contributed by atoms with Crippen LogP contribution in [0.3, 0.4) is 0 Å². The van der Waals surface area contributed by atoms with Crippen molar-refractivity contribution in [2.75, 3.05) is 6.54 Å². The van der Waals surface area contributed by atoms with Gasteiger partial charge in [0, 0.05) is 10.9 Å². The Kier molecular flexibility index (Phi) is 3.81. The van der Waals surface area contributed by atoms with Gasteiger partial charge in [0.25, 0.3) is 0 Å². The Morgan fingerprint density at radius 3 is 2.93 bits per heavy atom. The minimum Gasteiger partial charge on any atom is -0.314 e. The highest BCUT2D eigenvalue weighted by Crippen LogP contribution is 2.41. The third-order valence-corrected chi connectivity index (χ3v) is 4.37. The van der Waals surface area contributed by atoms with Crippen molar-refractivity contribution in [1.29, 1.82) is 0 Å². The maximum Gasteiger partial charge on any atom is 0.0101 e. The van der Waals surface area contributed by atoms with E-state index in [9.17, 15) is 0 Å². The Labute approximate surface area is 96.9 Å². The normalized spacial score (nSPS) is 26.5. The zero-order chi connectivity index (χ0) is 10.7. The van der Waals surface area contributed by atoms with Gasteiger partial charge in [-0.15, -0.1) is 11.3 Å². The minimum absolute atomic E-state index is 0.757. The fourth-order valence-electron chi connectivity index (χ4n) is 2.39. The molecule has 2 heteroatoms. The van der Waals surface area contributed by atoms with Gasteiger partial charge in [0.2, 0.25) is 0 Å². The highest BCUT2D eigenvalue weighted by atomic mass is 32.1. The predicted molar refractivity (Wildman–Crippen MR) is 67.4 cm³/mol. The molecule has 1 aromatic heterocycles. The van der Waals surface area contributed by atoms with Crippen molar-refractivity contribution in [1.82, 2.24) is 5.32 Å². The highest BCUT2D eigenvalue weighted by Gasteiger charge is 2.38. The third kappa shape index (κ3) is 3.05. The molecule has 3 unspecified atom stereocenters. The molecule has 1 N–H and O–H groups in total. The summed E-state index contributed by atoms with van der Waals surface area (Å²) >= 11 is 1.89. The first-order chi connectivity index (χ1) is 7.31. The summed E-state index contributed by atoms with van der Waals surface area (Å²) in [5, 5.41) is 5.82. The Bertz CT molecular complexity index is 281. The predicted octanol–water partition coefficient (Wildman–Crippen LogP) is 3.31. The summed E-state index contributed by atoms with van der Waals surface area (Å²) in [5.74, 6) is 1.90. The van der Waals surface area contributed by atoms with E-state index in [4.69, 9.17) is 0 Å². The van der Waals surface area contributed by atoms with E-state index in [0.29, 0.717) is 0 Å². The molecule has 0 aliphatic heterocycles. The molecule has 2 rings (SSSR count). The van der Waals surface area contributed by atoms with Gasteiger partial charge in [-0.2, -0.15) is 0 Å². The van der Waals surface area contributed by atoms with E-state index in [1.807, 2.05) is 11.3 Å². The molecule has 1 heterocycles. The van der Waals surface area contributed by atoms with Crippen molar-refractivity contribution < 1.29 is 0 Å². The molecular formula is C13H21NS. The summed E-state index contributed by atoms with van der Waals surface area (Å²) in [6, 6.07) is 5.17.